The first kappa shape index (κ1) is 14.6. The Morgan fingerprint density at radius 3 is 2.88 bits per heavy atom. The quantitative estimate of drug-likeness (QED) is 0.663. The Balaban J connectivity index is 1.65. The van der Waals surface area contributed by atoms with E-state index in [1.54, 1.807) is 12.3 Å². The first-order valence-corrected chi connectivity index (χ1v) is 8.17. The molecule has 0 saturated carbocycles. The third-order valence-corrected chi connectivity index (χ3v) is 4.51. The lowest BCUT2D eigenvalue weighted by Gasteiger charge is -2.21. The second-order valence-corrected chi connectivity index (χ2v) is 6.15. The monoisotopic (exact) mass is 314 g/mol. The normalized spacial score (nSPS) is 16.7. The van der Waals surface area contributed by atoms with E-state index in [2.05, 4.69) is 18.0 Å². The van der Waals surface area contributed by atoms with Crippen LogP contribution in [0.25, 0.3) is 17.0 Å². The Morgan fingerprint density at radius 1 is 1.12 bits per heavy atom. The summed E-state index contributed by atoms with van der Waals surface area (Å²) in [6.07, 6.45) is 6.21. The summed E-state index contributed by atoms with van der Waals surface area (Å²) in [5.41, 5.74) is 4.13. The van der Waals surface area contributed by atoms with Gasteiger partial charge >= 0.3 is 0 Å². The van der Waals surface area contributed by atoms with Gasteiger partial charge in [-0.15, -0.1) is 0 Å². The van der Waals surface area contributed by atoms with E-state index < -0.39 is 0 Å². The molecule has 0 radical (unpaired) electrons. The summed E-state index contributed by atoms with van der Waals surface area (Å²) in [5, 5.41) is 1.08. The van der Waals surface area contributed by atoms with E-state index in [9.17, 15) is 4.79 Å². The summed E-state index contributed by atoms with van der Waals surface area (Å²) in [6.45, 7) is 2.09. The average molecular weight is 314 g/mol. The molecule has 3 nitrogen and oxygen atoms in total. The third kappa shape index (κ3) is 2.48. The van der Waals surface area contributed by atoms with Gasteiger partial charge in [0.05, 0.1) is 5.52 Å². The van der Waals surface area contributed by atoms with Crippen LogP contribution in [-0.4, -0.2) is 16.9 Å². The molecule has 3 heteroatoms. The van der Waals surface area contributed by atoms with Crippen LogP contribution in [0.2, 0.25) is 0 Å². The summed E-state index contributed by atoms with van der Waals surface area (Å²) in [6, 6.07) is 18.3. The number of pyridine rings is 1. The largest absolute Gasteiger partial charge is 0.305 e. The smallest absolute Gasteiger partial charge is 0.251 e. The van der Waals surface area contributed by atoms with Crippen LogP contribution in [0.5, 0.6) is 0 Å². The van der Waals surface area contributed by atoms with Crippen LogP contribution in [0.3, 0.4) is 0 Å². The number of anilines is 1. The van der Waals surface area contributed by atoms with Gasteiger partial charge in [-0.2, -0.15) is 0 Å². The van der Waals surface area contributed by atoms with E-state index in [1.165, 1.54) is 5.56 Å². The minimum atomic E-state index is 0.0142. The Bertz CT molecular complexity index is 940. The summed E-state index contributed by atoms with van der Waals surface area (Å²) in [7, 11) is 0. The second kappa shape index (κ2) is 5.93. The number of carbonyl (C=O) groups excluding carboxylic acids is 1. The van der Waals surface area contributed by atoms with Crippen molar-refractivity contribution in [2.24, 2.45) is 0 Å². The maximum absolute atomic E-state index is 12.7. The van der Waals surface area contributed by atoms with Gasteiger partial charge in [-0.3, -0.25) is 9.78 Å². The lowest BCUT2D eigenvalue weighted by Crippen LogP contribution is -2.34. The van der Waals surface area contributed by atoms with Crippen LogP contribution in [0.4, 0.5) is 5.69 Å². The fraction of sp³-hybridized carbons (Fsp3) is 0.143. The van der Waals surface area contributed by atoms with Crippen molar-refractivity contribution >= 4 is 28.6 Å². The summed E-state index contributed by atoms with van der Waals surface area (Å²) < 4.78 is 0. The van der Waals surface area contributed by atoms with Crippen LogP contribution >= 0.6 is 0 Å². The number of amides is 1. The van der Waals surface area contributed by atoms with E-state index in [0.717, 1.165) is 28.6 Å². The molecule has 0 bridgehead atoms. The highest BCUT2D eigenvalue weighted by Crippen LogP contribution is 2.32. The van der Waals surface area contributed by atoms with Crippen molar-refractivity contribution in [2.75, 3.05) is 4.90 Å². The number of hydrogen-bond acceptors (Lipinski definition) is 2. The lowest BCUT2D eigenvalue weighted by molar-refractivity contribution is -0.114. The molecule has 0 saturated heterocycles. The fourth-order valence-electron chi connectivity index (χ4n) is 3.41. The maximum atomic E-state index is 12.7. The molecule has 1 aliphatic heterocycles. The number of hydrogen-bond donors (Lipinski definition) is 0. The Kier molecular flexibility index (Phi) is 3.62. The van der Waals surface area contributed by atoms with Crippen molar-refractivity contribution < 1.29 is 4.79 Å². The topological polar surface area (TPSA) is 33.2 Å². The molecule has 0 aliphatic carbocycles. The highest BCUT2D eigenvalue weighted by Gasteiger charge is 2.29. The predicted molar refractivity (Wildman–Crippen MR) is 97.9 cm³/mol. The van der Waals surface area contributed by atoms with Gasteiger partial charge in [0, 0.05) is 35.0 Å². The third-order valence-electron chi connectivity index (χ3n) is 4.51. The molecule has 4 rings (SSSR count). The van der Waals surface area contributed by atoms with Gasteiger partial charge in [-0.05, 0) is 37.1 Å². The Hall–Kier alpha value is -2.94. The summed E-state index contributed by atoms with van der Waals surface area (Å²) in [4.78, 5) is 19.1. The van der Waals surface area contributed by atoms with Crippen molar-refractivity contribution in [3.05, 3.63) is 78.0 Å². The van der Waals surface area contributed by atoms with E-state index in [1.807, 2.05) is 59.5 Å². The van der Waals surface area contributed by atoms with Gasteiger partial charge in [0.1, 0.15) is 0 Å². The molecule has 1 amide bonds. The molecule has 2 heterocycles. The van der Waals surface area contributed by atoms with Crippen LogP contribution in [0.15, 0.2) is 66.9 Å². The van der Waals surface area contributed by atoms with Crippen molar-refractivity contribution in [3.63, 3.8) is 0 Å². The van der Waals surface area contributed by atoms with Crippen LogP contribution in [-0.2, 0) is 11.2 Å². The molecule has 0 N–H and O–H groups in total. The van der Waals surface area contributed by atoms with Crippen molar-refractivity contribution in [2.45, 2.75) is 19.4 Å². The molecule has 24 heavy (non-hydrogen) atoms. The first-order valence-electron chi connectivity index (χ1n) is 8.17. The number of rotatable bonds is 2. The molecular weight excluding hydrogens is 296 g/mol. The number of fused-ring (bicyclic) bond motifs is 2. The SMILES string of the molecule is CC1Cc2ccccc2N1C(=O)C=Cc1cccc2cccnc12. The summed E-state index contributed by atoms with van der Waals surface area (Å²) in [5.74, 6) is 0.0142. The first-order chi connectivity index (χ1) is 11.7. The van der Waals surface area contributed by atoms with Gasteiger partial charge in [-0.25, -0.2) is 0 Å². The highest BCUT2D eigenvalue weighted by molar-refractivity contribution is 6.06. The molecule has 1 aromatic heterocycles. The minimum Gasteiger partial charge on any atom is -0.305 e. The van der Waals surface area contributed by atoms with E-state index >= 15 is 0 Å². The molecule has 1 unspecified atom stereocenters. The van der Waals surface area contributed by atoms with Crippen molar-refractivity contribution in [1.29, 1.82) is 0 Å². The zero-order valence-corrected chi connectivity index (χ0v) is 13.5. The highest BCUT2D eigenvalue weighted by atomic mass is 16.2. The molecular formula is C21H18N2O. The number of carbonyl (C=O) groups is 1. The second-order valence-electron chi connectivity index (χ2n) is 6.15. The Labute approximate surface area is 141 Å². The van der Waals surface area contributed by atoms with Crippen LogP contribution < -0.4 is 4.90 Å². The van der Waals surface area contributed by atoms with Gasteiger partial charge in [0.2, 0.25) is 0 Å². The minimum absolute atomic E-state index is 0.0142. The molecule has 0 fully saturated rings. The zero-order valence-electron chi connectivity index (χ0n) is 13.5. The number of para-hydroxylation sites is 2. The van der Waals surface area contributed by atoms with Crippen LogP contribution in [0, 0.1) is 0 Å². The van der Waals surface area contributed by atoms with E-state index in [0.29, 0.717) is 0 Å². The molecule has 2 aromatic carbocycles. The average Bonchev–Trinajstić information content (AvgIpc) is 2.95. The molecule has 118 valence electrons. The lowest BCUT2D eigenvalue weighted by atomic mass is 10.1. The number of aromatic nitrogens is 1. The Morgan fingerprint density at radius 2 is 1.96 bits per heavy atom. The molecule has 1 aliphatic rings. The maximum Gasteiger partial charge on any atom is 0.251 e. The number of benzene rings is 2. The number of nitrogens with zero attached hydrogens (tertiary/aromatic N) is 2. The van der Waals surface area contributed by atoms with Crippen molar-refractivity contribution in [3.8, 4) is 0 Å². The fourth-order valence-corrected chi connectivity index (χ4v) is 3.41. The standard InChI is InChI=1S/C21H18N2O/c1-15-14-18-6-2-3-10-19(18)23(15)20(24)12-11-17-8-4-7-16-9-5-13-22-21(16)17/h2-13,15H,14H2,1H3. The molecule has 0 spiro atoms. The predicted octanol–water partition coefficient (Wildman–Crippen LogP) is 4.23. The molecule has 1 atom stereocenters. The van der Waals surface area contributed by atoms with E-state index in [-0.39, 0.29) is 11.9 Å². The van der Waals surface area contributed by atoms with Crippen molar-refractivity contribution in [1.82, 2.24) is 4.98 Å². The summed E-state index contributed by atoms with van der Waals surface area (Å²) >= 11 is 0. The zero-order chi connectivity index (χ0) is 16.5. The van der Waals surface area contributed by atoms with Gasteiger partial charge < -0.3 is 4.90 Å². The van der Waals surface area contributed by atoms with Crippen LogP contribution in [0.1, 0.15) is 18.1 Å². The van der Waals surface area contributed by atoms with E-state index in [4.69, 9.17) is 0 Å². The van der Waals surface area contributed by atoms with Gasteiger partial charge in [0.15, 0.2) is 0 Å². The van der Waals surface area contributed by atoms with Gasteiger partial charge in [-0.1, -0.05) is 42.5 Å². The van der Waals surface area contributed by atoms with Gasteiger partial charge in [0.25, 0.3) is 5.91 Å². The molecule has 3 aromatic rings.